The van der Waals surface area contributed by atoms with Gasteiger partial charge in [0, 0.05) is 23.3 Å². The van der Waals surface area contributed by atoms with Gasteiger partial charge < -0.3 is 5.11 Å². The second kappa shape index (κ2) is 6.49. The summed E-state index contributed by atoms with van der Waals surface area (Å²) in [6.45, 7) is 6.65. The quantitative estimate of drug-likeness (QED) is 0.511. The fourth-order valence-electron chi connectivity index (χ4n) is 3.33. The lowest BCUT2D eigenvalue weighted by Crippen LogP contribution is -3.01. The van der Waals surface area contributed by atoms with Gasteiger partial charge in [-0.15, -0.1) is 4.58 Å². The van der Waals surface area contributed by atoms with Gasteiger partial charge in [-0.2, -0.15) is 4.90 Å². The highest BCUT2D eigenvalue weighted by molar-refractivity contribution is 5.56. The first-order valence-corrected chi connectivity index (χ1v) is 8.05. The Morgan fingerprint density at radius 3 is 2.48 bits per heavy atom. The van der Waals surface area contributed by atoms with E-state index in [9.17, 15) is 15.2 Å². The van der Waals surface area contributed by atoms with E-state index in [2.05, 4.69) is 32.9 Å². The molecule has 1 unspecified atom stereocenters. The average molecular weight is 339 g/mol. The lowest BCUT2D eigenvalue weighted by Gasteiger charge is -2.10. The maximum atomic E-state index is 10.9. The number of rotatable bonds is 4. The number of nitrogens with zero attached hydrogens (tertiary/aromatic N) is 2. The Balaban J connectivity index is 1.88. The Bertz CT molecular complexity index is 893. The van der Waals surface area contributed by atoms with Crippen LogP contribution in [0.1, 0.15) is 22.3 Å². The van der Waals surface area contributed by atoms with Crippen LogP contribution in [0.15, 0.2) is 42.7 Å². The molecule has 6 heteroatoms. The number of hydrogen-bond acceptors (Lipinski definition) is 3. The molecule has 0 amide bonds. The molecule has 0 saturated carbocycles. The first kappa shape index (κ1) is 16.9. The molecule has 0 saturated heterocycles. The van der Waals surface area contributed by atoms with Crippen molar-refractivity contribution in [1.29, 1.82) is 0 Å². The molecule has 25 heavy (non-hydrogen) atoms. The SMILES string of the molecule is Cc1cc(C)c([NH+]2C=C[N+](Cc3cc([N+](=O)[O-])ccc3O)=C2)c(C)c1. The third-order valence-corrected chi connectivity index (χ3v) is 4.34. The van der Waals surface area contributed by atoms with E-state index in [-0.39, 0.29) is 11.4 Å². The molecule has 2 aromatic carbocycles. The van der Waals surface area contributed by atoms with Crippen LogP contribution in [-0.2, 0) is 6.54 Å². The highest BCUT2D eigenvalue weighted by Crippen LogP contribution is 2.24. The van der Waals surface area contributed by atoms with Crippen molar-refractivity contribution < 1.29 is 19.5 Å². The van der Waals surface area contributed by atoms with Crippen molar-refractivity contribution in [2.45, 2.75) is 27.3 Å². The molecule has 3 rings (SSSR count). The van der Waals surface area contributed by atoms with Gasteiger partial charge >= 0.3 is 6.34 Å². The molecule has 2 aromatic rings. The molecule has 6 nitrogen and oxygen atoms in total. The minimum absolute atomic E-state index is 0.0228. The zero-order chi connectivity index (χ0) is 18.1. The monoisotopic (exact) mass is 339 g/mol. The molecule has 128 valence electrons. The maximum absolute atomic E-state index is 10.9. The van der Waals surface area contributed by atoms with Crippen molar-refractivity contribution in [3.8, 4) is 5.75 Å². The molecule has 0 fully saturated rings. The summed E-state index contributed by atoms with van der Waals surface area (Å²) in [5.41, 5.74) is 5.37. The van der Waals surface area contributed by atoms with Gasteiger partial charge in [0.1, 0.15) is 5.75 Å². The van der Waals surface area contributed by atoms with Gasteiger partial charge in [-0.1, -0.05) is 17.7 Å². The Labute approximate surface area is 146 Å². The molecule has 0 spiro atoms. The first-order valence-electron chi connectivity index (χ1n) is 8.05. The van der Waals surface area contributed by atoms with E-state index in [1.165, 1.54) is 40.6 Å². The number of phenols is 1. The minimum Gasteiger partial charge on any atom is -0.507 e. The van der Waals surface area contributed by atoms with Gasteiger partial charge in [-0.05, 0) is 26.8 Å². The van der Waals surface area contributed by atoms with Crippen LogP contribution in [0, 0.1) is 30.9 Å². The number of aromatic hydroxyl groups is 1. The second-order valence-corrected chi connectivity index (χ2v) is 6.42. The summed E-state index contributed by atoms with van der Waals surface area (Å²) in [5.74, 6) is 0.0588. The van der Waals surface area contributed by atoms with E-state index < -0.39 is 4.92 Å². The van der Waals surface area contributed by atoms with Gasteiger partial charge in [-0.3, -0.25) is 10.1 Å². The molecule has 0 aromatic heterocycles. The van der Waals surface area contributed by atoms with Gasteiger partial charge in [0.15, 0.2) is 18.4 Å². The van der Waals surface area contributed by atoms with Crippen LogP contribution in [0.3, 0.4) is 0 Å². The fraction of sp³-hybridized carbons (Fsp3) is 0.211. The molecule has 1 heterocycles. The summed E-state index contributed by atoms with van der Waals surface area (Å²) >= 11 is 0. The zero-order valence-electron chi connectivity index (χ0n) is 14.5. The van der Waals surface area contributed by atoms with Crippen molar-refractivity contribution in [3.05, 3.63) is 75.1 Å². The van der Waals surface area contributed by atoms with Crippen molar-refractivity contribution >= 4 is 17.7 Å². The largest absolute Gasteiger partial charge is 0.507 e. The zero-order valence-corrected chi connectivity index (χ0v) is 14.5. The summed E-state index contributed by atoms with van der Waals surface area (Å²) < 4.78 is 1.92. The molecular formula is C19H21N3O3+2. The lowest BCUT2D eigenvalue weighted by atomic mass is 10.0. The molecule has 2 N–H and O–H groups in total. The van der Waals surface area contributed by atoms with E-state index in [1.807, 2.05) is 23.3 Å². The third-order valence-electron chi connectivity index (χ3n) is 4.34. The molecule has 1 atom stereocenters. The van der Waals surface area contributed by atoms with Crippen molar-refractivity contribution in [3.63, 3.8) is 0 Å². The normalized spacial score (nSPS) is 16.1. The summed E-state index contributed by atoms with van der Waals surface area (Å²) in [6, 6.07) is 8.40. The van der Waals surface area contributed by atoms with Crippen LogP contribution < -0.4 is 4.90 Å². The van der Waals surface area contributed by atoms with Crippen LogP contribution in [0.2, 0.25) is 0 Å². The molecular weight excluding hydrogens is 318 g/mol. The Kier molecular flexibility index (Phi) is 4.37. The molecule has 1 aliphatic heterocycles. The van der Waals surface area contributed by atoms with E-state index in [4.69, 9.17) is 0 Å². The van der Waals surface area contributed by atoms with Crippen molar-refractivity contribution in [2.75, 3.05) is 0 Å². The molecule has 0 bridgehead atoms. The van der Waals surface area contributed by atoms with E-state index in [1.54, 1.807) is 0 Å². The summed E-state index contributed by atoms with van der Waals surface area (Å²) in [6.07, 6.45) is 5.95. The number of nitro benzene ring substituents is 1. The Morgan fingerprint density at radius 2 is 1.84 bits per heavy atom. The van der Waals surface area contributed by atoms with Crippen molar-refractivity contribution in [1.82, 2.24) is 0 Å². The molecule has 1 aliphatic rings. The number of phenolic OH excluding ortho intramolecular Hbond substituents is 1. The predicted octanol–water partition coefficient (Wildman–Crippen LogP) is 2.47. The number of benzene rings is 2. The summed E-state index contributed by atoms with van der Waals surface area (Å²) in [5, 5.41) is 20.9. The van der Waals surface area contributed by atoms with Gasteiger partial charge in [0.25, 0.3) is 5.69 Å². The number of aryl methyl sites for hydroxylation is 3. The fourth-order valence-corrected chi connectivity index (χ4v) is 3.33. The lowest BCUT2D eigenvalue weighted by molar-refractivity contribution is -0.676. The van der Waals surface area contributed by atoms with Gasteiger partial charge in [-0.25, -0.2) is 0 Å². The molecule has 0 radical (unpaired) electrons. The van der Waals surface area contributed by atoms with E-state index in [0.29, 0.717) is 12.1 Å². The van der Waals surface area contributed by atoms with E-state index in [0.717, 1.165) is 4.90 Å². The average Bonchev–Trinajstić information content (AvgIpc) is 2.96. The Morgan fingerprint density at radius 1 is 1.16 bits per heavy atom. The third kappa shape index (κ3) is 3.44. The van der Waals surface area contributed by atoms with Crippen molar-refractivity contribution in [2.24, 2.45) is 0 Å². The second-order valence-electron chi connectivity index (χ2n) is 6.42. The van der Waals surface area contributed by atoms with Crippen LogP contribution in [-0.4, -0.2) is 20.9 Å². The van der Waals surface area contributed by atoms with Crippen LogP contribution >= 0.6 is 0 Å². The number of quaternary nitrogens is 1. The highest BCUT2D eigenvalue weighted by atomic mass is 16.6. The highest BCUT2D eigenvalue weighted by Gasteiger charge is 2.25. The number of non-ortho nitro benzene ring substituents is 1. The van der Waals surface area contributed by atoms with Crippen LogP contribution in [0.4, 0.5) is 11.4 Å². The minimum atomic E-state index is -0.455. The van der Waals surface area contributed by atoms with E-state index >= 15 is 0 Å². The topological polar surface area (TPSA) is 70.8 Å². The molecule has 0 aliphatic carbocycles. The number of nitrogens with one attached hydrogen (secondary N) is 1. The predicted molar refractivity (Wildman–Crippen MR) is 95.2 cm³/mol. The first-order chi connectivity index (χ1) is 11.8. The smallest absolute Gasteiger partial charge is 0.340 e. The summed E-state index contributed by atoms with van der Waals surface area (Å²) in [7, 11) is 0. The number of hydrogen-bond donors (Lipinski definition) is 2. The maximum Gasteiger partial charge on any atom is 0.340 e. The van der Waals surface area contributed by atoms with Crippen LogP contribution in [0.25, 0.3) is 0 Å². The Hall–Kier alpha value is -2.99. The standard InChI is InChI=1S/C19H19N3O3/c1-13-8-14(2)19(15(3)9-13)21-7-6-20(12-21)11-16-10-17(22(24)25)4-5-18(16)23/h4-10,12H,11H2,1-3H3/p+2. The van der Waals surface area contributed by atoms with Crippen LogP contribution in [0.5, 0.6) is 5.75 Å². The van der Waals surface area contributed by atoms with Gasteiger partial charge in [0.2, 0.25) is 6.20 Å². The van der Waals surface area contributed by atoms with Gasteiger partial charge in [0.05, 0.1) is 10.5 Å². The number of nitro groups is 1. The summed E-state index contributed by atoms with van der Waals surface area (Å²) in [4.78, 5) is 11.6.